The Morgan fingerprint density at radius 1 is 0.906 bits per heavy atom. The van der Waals surface area contributed by atoms with Gasteiger partial charge in [-0.3, -0.25) is 9.59 Å². The third kappa shape index (κ3) is 6.23. The van der Waals surface area contributed by atoms with E-state index in [4.69, 9.17) is 39.5 Å². The van der Waals surface area contributed by atoms with Crippen LogP contribution in [0.1, 0.15) is 16.7 Å². The number of nitrogens with one attached hydrogen (secondary N) is 2. The first kappa shape index (κ1) is 23.6. The van der Waals surface area contributed by atoms with Crippen molar-refractivity contribution in [1.29, 1.82) is 0 Å². The van der Waals surface area contributed by atoms with Crippen molar-refractivity contribution in [2.75, 3.05) is 5.32 Å². The zero-order valence-corrected chi connectivity index (χ0v) is 19.1. The van der Waals surface area contributed by atoms with E-state index >= 15 is 0 Å². The minimum Gasteiger partial charge on any atom is -0.489 e. The molecule has 0 radical (unpaired) electrons. The molecule has 0 bridgehead atoms. The smallest absolute Gasteiger partial charge is 0.329 e. The summed E-state index contributed by atoms with van der Waals surface area (Å²) in [5, 5.41) is 7.86. The third-order valence-corrected chi connectivity index (χ3v) is 5.54. The standard InChI is InChI=1S/C23H18Cl3N3O3/c1-14-18(24)4-3-7-21(14)28-22(30)23(31)29-27-12-15-8-10-16(11-9-15)32-13-17-19(25)5-2-6-20(17)26/h2-12H,13H2,1H3,(H,28,30)(H,29,31)/b27-12+. The fourth-order valence-corrected chi connectivity index (χ4v) is 3.30. The first-order chi connectivity index (χ1) is 15.3. The van der Waals surface area contributed by atoms with Crippen molar-refractivity contribution >= 4 is 58.5 Å². The van der Waals surface area contributed by atoms with Crippen LogP contribution < -0.4 is 15.5 Å². The minimum atomic E-state index is -0.905. The number of carbonyl (C=O) groups excluding carboxylic acids is 2. The number of nitrogens with zero attached hydrogens (tertiary/aromatic N) is 1. The lowest BCUT2D eigenvalue weighted by molar-refractivity contribution is -0.136. The van der Waals surface area contributed by atoms with Gasteiger partial charge in [0.2, 0.25) is 0 Å². The van der Waals surface area contributed by atoms with Gasteiger partial charge in [-0.15, -0.1) is 0 Å². The maximum absolute atomic E-state index is 12.0. The Morgan fingerprint density at radius 3 is 2.22 bits per heavy atom. The van der Waals surface area contributed by atoms with E-state index in [0.29, 0.717) is 43.2 Å². The molecule has 0 fully saturated rings. The average molecular weight is 491 g/mol. The molecule has 0 aliphatic carbocycles. The monoisotopic (exact) mass is 489 g/mol. The van der Waals surface area contributed by atoms with Crippen molar-refractivity contribution in [3.8, 4) is 5.75 Å². The highest BCUT2D eigenvalue weighted by molar-refractivity contribution is 6.40. The Morgan fingerprint density at radius 2 is 1.53 bits per heavy atom. The molecule has 2 N–H and O–H groups in total. The second kappa shape index (κ2) is 11.0. The number of anilines is 1. The van der Waals surface area contributed by atoms with E-state index in [1.165, 1.54) is 6.21 Å². The highest BCUT2D eigenvalue weighted by atomic mass is 35.5. The average Bonchev–Trinajstić information content (AvgIpc) is 2.77. The van der Waals surface area contributed by atoms with Crippen LogP contribution in [-0.4, -0.2) is 18.0 Å². The largest absolute Gasteiger partial charge is 0.489 e. The van der Waals surface area contributed by atoms with E-state index < -0.39 is 11.8 Å². The normalized spacial score (nSPS) is 10.8. The molecule has 0 heterocycles. The first-order valence-electron chi connectivity index (χ1n) is 9.40. The van der Waals surface area contributed by atoms with Crippen LogP contribution >= 0.6 is 34.8 Å². The minimum absolute atomic E-state index is 0.225. The van der Waals surface area contributed by atoms with Crippen LogP contribution in [0.3, 0.4) is 0 Å². The zero-order valence-electron chi connectivity index (χ0n) is 16.9. The predicted octanol–water partition coefficient (Wildman–Crippen LogP) is 5.62. The molecule has 0 aromatic heterocycles. The Hall–Kier alpha value is -3.06. The summed E-state index contributed by atoms with van der Waals surface area (Å²) < 4.78 is 5.71. The maximum Gasteiger partial charge on any atom is 0.329 e. The van der Waals surface area contributed by atoms with Crippen molar-refractivity contribution in [1.82, 2.24) is 5.43 Å². The molecule has 0 aliphatic rings. The van der Waals surface area contributed by atoms with Crippen molar-refractivity contribution in [3.63, 3.8) is 0 Å². The Bertz CT molecular complexity index is 1140. The molecular formula is C23H18Cl3N3O3. The van der Waals surface area contributed by atoms with Crippen LogP contribution in [0.5, 0.6) is 5.75 Å². The van der Waals surface area contributed by atoms with Crippen molar-refractivity contribution in [2.45, 2.75) is 13.5 Å². The maximum atomic E-state index is 12.0. The number of amides is 2. The number of halogens is 3. The lowest BCUT2D eigenvalue weighted by Crippen LogP contribution is -2.32. The van der Waals surface area contributed by atoms with Gasteiger partial charge in [-0.25, -0.2) is 5.43 Å². The van der Waals surface area contributed by atoms with E-state index in [9.17, 15) is 9.59 Å². The number of hydrogen-bond acceptors (Lipinski definition) is 4. The van der Waals surface area contributed by atoms with Crippen molar-refractivity contribution in [2.24, 2.45) is 5.10 Å². The number of carbonyl (C=O) groups is 2. The molecule has 6 nitrogen and oxygen atoms in total. The first-order valence-corrected chi connectivity index (χ1v) is 10.5. The van der Waals surface area contributed by atoms with Crippen LogP contribution in [0, 0.1) is 6.92 Å². The number of hydrogen-bond donors (Lipinski definition) is 2. The van der Waals surface area contributed by atoms with Crippen molar-refractivity contribution in [3.05, 3.63) is 92.4 Å². The topological polar surface area (TPSA) is 79.8 Å². The summed E-state index contributed by atoms with van der Waals surface area (Å²) in [5.41, 5.74) is 4.70. The van der Waals surface area contributed by atoms with E-state index in [1.54, 1.807) is 67.6 Å². The molecule has 3 aromatic rings. The van der Waals surface area contributed by atoms with Gasteiger partial charge in [0.25, 0.3) is 0 Å². The quantitative estimate of drug-likeness (QED) is 0.267. The summed E-state index contributed by atoms with van der Waals surface area (Å²) in [6, 6.07) is 17.2. The summed E-state index contributed by atoms with van der Waals surface area (Å²) in [4.78, 5) is 24.0. The van der Waals surface area contributed by atoms with Crippen LogP contribution in [0.4, 0.5) is 5.69 Å². The van der Waals surface area contributed by atoms with Gasteiger partial charge in [-0.2, -0.15) is 5.10 Å². The molecule has 3 rings (SSSR count). The number of benzene rings is 3. The molecule has 0 saturated heterocycles. The fraction of sp³-hybridized carbons (Fsp3) is 0.0870. The highest BCUT2D eigenvalue weighted by Crippen LogP contribution is 2.26. The van der Waals surface area contributed by atoms with Crippen LogP contribution in [0.15, 0.2) is 65.8 Å². The Labute approximate surface area is 200 Å². The molecule has 0 unspecified atom stereocenters. The van der Waals surface area contributed by atoms with Crippen LogP contribution in [0.2, 0.25) is 15.1 Å². The van der Waals surface area contributed by atoms with Gasteiger partial charge in [0, 0.05) is 26.3 Å². The molecule has 0 spiro atoms. The Balaban J connectivity index is 1.51. The molecule has 0 atom stereocenters. The summed E-state index contributed by atoms with van der Waals surface area (Å²) in [6.07, 6.45) is 1.41. The molecule has 0 saturated carbocycles. The number of rotatable bonds is 6. The number of hydrazone groups is 1. The predicted molar refractivity (Wildman–Crippen MR) is 128 cm³/mol. The summed E-state index contributed by atoms with van der Waals surface area (Å²) in [5.74, 6) is -1.15. The van der Waals surface area contributed by atoms with Gasteiger partial charge >= 0.3 is 11.8 Å². The molecule has 9 heteroatoms. The molecular weight excluding hydrogens is 473 g/mol. The molecule has 164 valence electrons. The highest BCUT2D eigenvalue weighted by Gasteiger charge is 2.14. The van der Waals surface area contributed by atoms with Crippen LogP contribution in [0.25, 0.3) is 0 Å². The Kier molecular flexibility index (Phi) is 8.11. The molecule has 32 heavy (non-hydrogen) atoms. The summed E-state index contributed by atoms with van der Waals surface area (Å²) >= 11 is 18.3. The molecule has 3 aromatic carbocycles. The van der Waals surface area contributed by atoms with E-state index in [0.717, 1.165) is 0 Å². The second-order valence-corrected chi connectivity index (χ2v) is 7.85. The molecule has 2 amide bonds. The van der Waals surface area contributed by atoms with Gasteiger partial charge in [0.05, 0.1) is 6.21 Å². The lowest BCUT2D eigenvalue weighted by Gasteiger charge is -2.09. The fourth-order valence-electron chi connectivity index (χ4n) is 2.61. The van der Waals surface area contributed by atoms with Gasteiger partial charge in [-0.1, -0.05) is 46.9 Å². The summed E-state index contributed by atoms with van der Waals surface area (Å²) in [6.45, 7) is 1.97. The van der Waals surface area contributed by atoms with Crippen LogP contribution in [-0.2, 0) is 16.2 Å². The van der Waals surface area contributed by atoms with Gasteiger partial charge < -0.3 is 10.1 Å². The number of ether oxygens (including phenoxy) is 1. The summed E-state index contributed by atoms with van der Waals surface area (Å²) in [7, 11) is 0. The lowest BCUT2D eigenvalue weighted by atomic mass is 10.2. The van der Waals surface area contributed by atoms with Crippen molar-refractivity contribution < 1.29 is 14.3 Å². The third-order valence-electron chi connectivity index (χ3n) is 4.43. The van der Waals surface area contributed by atoms with Gasteiger partial charge in [-0.05, 0) is 66.6 Å². The second-order valence-electron chi connectivity index (χ2n) is 6.62. The van der Waals surface area contributed by atoms with Gasteiger partial charge in [0.1, 0.15) is 12.4 Å². The SMILES string of the molecule is Cc1c(Cl)cccc1NC(=O)C(=O)N/N=C/c1ccc(OCc2c(Cl)cccc2Cl)cc1. The zero-order chi connectivity index (χ0) is 23.1. The van der Waals surface area contributed by atoms with E-state index in [1.807, 2.05) is 0 Å². The molecule has 0 aliphatic heterocycles. The van der Waals surface area contributed by atoms with E-state index in [2.05, 4.69) is 15.8 Å². The van der Waals surface area contributed by atoms with E-state index in [-0.39, 0.29) is 6.61 Å². The van der Waals surface area contributed by atoms with Gasteiger partial charge in [0.15, 0.2) is 0 Å².